The van der Waals surface area contributed by atoms with Crippen molar-refractivity contribution >= 4 is 6.09 Å². The number of likely N-dealkylation sites (tertiary alicyclic amines) is 1. The first-order chi connectivity index (χ1) is 9.30. The molecular formula is C15H20N2O2. The van der Waals surface area contributed by atoms with Gasteiger partial charge in [0.1, 0.15) is 6.61 Å². The fourth-order valence-corrected chi connectivity index (χ4v) is 2.96. The van der Waals surface area contributed by atoms with Crippen LogP contribution in [0.1, 0.15) is 24.8 Å². The lowest BCUT2D eigenvalue weighted by atomic mass is 9.82. The van der Waals surface area contributed by atoms with Crippen LogP contribution in [0, 0.1) is 0 Å². The van der Waals surface area contributed by atoms with Crippen LogP contribution in [0.5, 0.6) is 0 Å². The zero-order valence-corrected chi connectivity index (χ0v) is 11.1. The molecule has 1 aromatic carbocycles. The Morgan fingerprint density at radius 2 is 2.05 bits per heavy atom. The van der Waals surface area contributed by atoms with Crippen LogP contribution in [0.25, 0.3) is 0 Å². The van der Waals surface area contributed by atoms with E-state index in [1.54, 1.807) is 0 Å². The van der Waals surface area contributed by atoms with Gasteiger partial charge in [0.25, 0.3) is 0 Å². The smallest absolute Gasteiger partial charge is 0.410 e. The highest BCUT2D eigenvalue weighted by atomic mass is 16.6. The minimum Gasteiger partial charge on any atom is -0.445 e. The van der Waals surface area contributed by atoms with Gasteiger partial charge in [0, 0.05) is 19.6 Å². The van der Waals surface area contributed by atoms with Crippen molar-refractivity contribution in [1.82, 2.24) is 10.2 Å². The zero-order valence-electron chi connectivity index (χ0n) is 11.1. The molecule has 0 saturated carbocycles. The molecule has 0 unspecified atom stereocenters. The Kier molecular flexibility index (Phi) is 3.42. The fraction of sp³-hybridized carbons (Fsp3) is 0.533. The van der Waals surface area contributed by atoms with E-state index in [4.69, 9.17) is 4.74 Å². The average molecular weight is 260 g/mol. The van der Waals surface area contributed by atoms with Crippen LogP contribution in [0.2, 0.25) is 0 Å². The summed E-state index contributed by atoms with van der Waals surface area (Å²) in [6.45, 7) is 3.01. The number of nitrogens with one attached hydrogen (secondary N) is 1. The maximum atomic E-state index is 12.3. The Morgan fingerprint density at radius 1 is 1.26 bits per heavy atom. The summed E-state index contributed by atoms with van der Waals surface area (Å²) in [6, 6.07) is 9.84. The number of carbonyl (C=O) groups excluding carboxylic acids is 1. The number of ether oxygens (including phenoxy) is 1. The first kappa shape index (κ1) is 12.5. The van der Waals surface area contributed by atoms with Gasteiger partial charge in [-0.2, -0.15) is 0 Å². The van der Waals surface area contributed by atoms with Crippen LogP contribution in [0.3, 0.4) is 0 Å². The monoisotopic (exact) mass is 260 g/mol. The third kappa shape index (κ3) is 2.45. The van der Waals surface area contributed by atoms with E-state index < -0.39 is 0 Å². The molecule has 4 nitrogen and oxygen atoms in total. The van der Waals surface area contributed by atoms with Crippen molar-refractivity contribution in [1.29, 1.82) is 0 Å². The second-order valence-corrected chi connectivity index (χ2v) is 5.48. The quantitative estimate of drug-likeness (QED) is 0.886. The Morgan fingerprint density at radius 3 is 2.74 bits per heavy atom. The molecule has 3 rings (SSSR count). The molecule has 2 fully saturated rings. The molecule has 1 N–H and O–H groups in total. The molecule has 2 aliphatic heterocycles. The van der Waals surface area contributed by atoms with Gasteiger partial charge in [0.15, 0.2) is 0 Å². The van der Waals surface area contributed by atoms with Gasteiger partial charge in [-0.1, -0.05) is 30.3 Å². The first-order valence-electron chi connectivity index (χ1n) is 6.99. The second kappa shape index (κ2) is 5.21. The maximum Gasteiger partial charge on any atom is 0.410 e. The standard InChI is InChI=1S/C15H20N2O2/c18-14(19-10-13-6-2-1-3-7-13)17-9-5-4-8-15(17)11-16-12-15/h1-3,6-7,16H,4-5,8-12H2. The van der Waals surface area contributed by atoms with E-state index >= 15 is 0 Å². The van der Waals surface area contributed by atoms with E-state index in [1.165, 1.54) is 6.42 Å². The Hall–Kier alpha value is -1.55. The van der Waals surface area contributed by atoms with Crippen LogP contribution in [0.15, 0.2) is 30.3 Å². The lowest BCUT2D eigenvalue weighted by Gasteiger charge is -2.52. The van der Waals surface area contributed by atoms with E-state index in [0.29, 0.717) is 6.61 Å². The fourth-order valence-electron chi connectivity index (χ4n) is 2.96. The molecule has 2 heterocycles. The topological polar surface area (TPSA) is 41.6 Å². The van der Waals surface area contributed by atoms with Gasteiger partial charge in [-0.05, 0) is 24.8 Å². The molecule has 1 aromatic rings. The van der Waals surface area contributed by atoms with Crippen LogP contribution in [-0.4, -0.2) is 36.2 Å². The summed E-state index contributed by atoms with van der Waals surface area (Å²) in [7, 11) is 0. The third-order valence-electron chi connectivity index (χ3n) is 4.18. The number of benzene rings is 1. The summed E-state index contributed by atoms with van der Waals surface area (Å²) < 4.78 is 5.46. The minimum atomic E-state index is -0.162. The highest BCUT2D eigenvalue weighted by Crippen LogP contribution is 2.32. The summed E-state index contributed by atoms with van der Waals surface area (Å²) >= 11 is 0. The van der Waals surface area contributed by atoms with E-state index in [0.717, 1.165) is 38.0 Å². The van der Waals surface area contributed by atoms with Gasteiger partial charge < -0.3 is 10.1 Å². The van der Waals surface area contributed by atoms with Crippen LogP contribution in [0.4, 0.5) is 4.79 Å². The van der Waals surface area contributed by atoms with Crippen molar-refractivity contribution < 1.29 is 9.53 Å². The first-order valence-corrected chi connectivity index (χ1v) is 6.99. The van der Waals surface area contributed by atoms with Gasteiger partial charge >= 0.3 is 6.09 Å². The summed E-state index contributed by atoms with van der Waals surface area (Å²) in [4.78, 5) is 14.2. The van der Waals surface area contributed by atoms with E-state index in [-0.39, 0.29) is 11.6 Å². The lowest BCUT2D eigenvalue weighted by Crippen LogP contribution is -2.71. The predicted octanol–water partition coefficient (Wildman–Crippen LogP) is 2.15. The van der Waals surface area contributed by atoms with E-state index in [2.05, 4.69) is 5.32 Å². The Labute approximate surface area is 113 Å². The zero-order chi connectivity index (χ0) is 13.1. The highest BCUT2D eigenvalue weighted by molar-refractivity contribution is 5.69. The van der Waals surface area contributed by atoms with E-state index in [9.17, 15) is 4.79 Å². The van der Waals surface area contributed by atoms with Crippen molar-refractivity contribution in [2.24, 2.45) is 0 Å². The molecule has 1 spiro atoms. The van der Waals surface area contributed by atoms with Gasteiger partial charge in [-0.15, -0.1) is 0 Å². The van der Waals surface area contributed by atoms with Crippen molar-refractivity contribution in [3.63, 3.8) is 0 Å². The number of amides is 1. The van der Waals surface area contributed by atoms with Gasteiger partial charge in [-0.25, -0.2) is 4.79 Å². The summed E-state index contributed by atoms with van der Waals surface area (Å²) in [5.74, 6) is 0. The number of nitrogens with zero attached hydrogens (tertiary/aromatic N) is 1. The number of rotatable bonds is 2. The highest BCUT2D eigenvalue weighted by Gasteiger charge is 2.46. The summed E-state index contributed by atoms with van der Waals surface area (Å²) in [5, 5.41) is 3.28. The molecule has 0 aromatic heterocycles. The van der Waals surface area contributed by atoms with Crippen molar-refractivity contribution in [2.45, 2.75) is 31.4 Å². The van der Waals surface area contributed by atoms with Crippen molar-refractivity contribution in [3.05, 3.63) is 35.9 Å². The Bertz CT molecular complexity index is 443. The van der Waals surface area contributed by atoms with Crippen molar-refractivity contribution in [3.8, 4) is 0 Å². The Balaban J connectivity index is 1.60. The molecule has 19 heavy (non-hydrogen) atoms. The molecule has 1 amide bonds. The number of piperidine rings is 1. The number of carbonyl (C=O) groups is 1. The lowest BCUT2D eigenvalue weighted by molar-refractivity contribution is -0.00369. The SMILES string of the molecule is O=C(OCc1ccccc1)N1CCCCC12CNC2. The molecular weight excluding hydrogens is 240 g/mol. The maximum absolute atomic E-state index is 12.3. The summed E-state index contributed by atoms with van der Waals surface area (Å²) in [5.41, 5.74) is 1.07. The average Bonchev–Trinajstić information content (AvgIpc) is 2.44. The number of hydrogen-bond acceptors (Lipinski definition) is 3. The van der Waals surface area contributed by atoms with Gasteiger partial charge in [0.05, 0.1) is 5.54 Å². The molecule has 0 bridgehead atoms. The largest absolute Gasteiger partial charge is 0.445 e. The molecule has 2 saturated heterocycles. The minimum absolute atomic E-state index is 0.0338. The van der Waals surface area contributed by atoms with Crippen molar-refractivity contribution in [2.75, 3.05) is 19.6 Å². The van der Waals surface area contributed by atoms with Gasteiger partial charge in [0.2, 0.25) is 0 Å². The molecule has 0 atom stereocenters. The van der Waals surface area contributed by atoms with Crippen LogP contribution in [-0.2, 0) is 11.3 Å². The molecule has 0 aliphatic carbocycles. The van der Waals surface area contributed by atoms with E-state index in [1.807, 2.05) is 35.2 Å². The molecule has 0 radical (unpaired) electrons. The van der Waals surface area contributed by atoms with Crippen LogP contribution >= 0.6 is 0 Å². The van der Waals surface area contributed by atoms with Gasteiger partial charge in [-0.3, -0.25) is 4.90 Å². The number of hydrogen-bond donors (Lipinski definition) is 1. The molecule has 4 heteroatoms. The molecule has 102 valence electrons. The predicted molar refractivity (Wildman–Crippen MR) is 72.8 cm³/mol. The summed E-state index contributed by atoms with van der Waals surface area (Å²) in [6.07, 6.45) is 3.23. The molecule has 2 aliphatic rings. The normalized spacial score (nSPS) is 20.9. The van der Waals surface area contributed by atoms with Crippen LogP contribution < -0.4 is 5.32 Å². The third-order valence-corrected chi connectivity index (χ3v) is 4.18. The second-order valence-electron chi connectivity index (χ2n) is 5.48.